The summed E-state index contributed by atoms with van der Waals surface area (Å²) in [7, 11) is 0. The van der Waals surface area contributed by atoms with Crippen molar-refractivity contribution < 1.29 is 5.11 Å². The van der Waals surface area contributed by atoms with Gasteiger partial charge >= 0.3 is 0 Å². The molecule has 25 heavy (non-hydrogen) atoms. The van der Waals surface area contributed by atoms with E-state index in [1.54, 1.807) is 0 Å². The van der Waals surface area contributed by atoms with E-state index in [-0.39, 0.29) is 5.92 Å². The van der Waals surface area contributed by atoms with Gasteiger partial charge in [0, 0.05) is 12.3 Å². The first-order chi connectivity index (χ1) is 12.1. The van der Waals surface area contributed by atoms with Gasteiger partial charge in [0.25, 0.3) is 0 Å². The standard InChI is InChI=1S/C24H22O/c1-24(25)17-20-14-8-9-15-21(20)22(16-18-10-4-2-5-11-18)23(24)19-12-6-3-7-13-19/h2-16,23,25H,17H2,1H3/b22-16+/t23-,24-/m0/s1. The molecule has 0 amide bonds. The van der Waals surface area contributed by atoms with E-state index < -0.39 is 5.60 Å². The molecule has 124 valence electrons. The summed E-state index contributed by atoms with van der Waals surface area (Å²) in [5, 5.41) is 11.3. The fourth-order valence-electron chi connectivity index (χ4n) is 4.01. The van der Waals surface area contributed by atoms with Gasteiger partial charge in [-0.1, -0.05) is 91.0 Å². The molecule has 1 N–H and O–H groups in total. The van der Waals surface area contributed by atoms with Gasteiger partial charge in [-0.3, -0.25) is 0 Å². The maximum Gasteiger partial charge on any atom is 0.0768 e. The van der Waals surface area contributed by atoms with Gasteiger partial charge in [-0.15, -0.1) is 0 Å². The molecular formula is C24H22O. The van der Waals surface area contributed by atoms with Crippen molar-refractivity contribution in [2.75, 3.05) is 0 Å². The van der Waals surface area contributed by atoms with E-state index in [2.05, 4.69) is 66.7 Å². The minimum Gasteiger partial charge on any atom is -0.389 e. The zero-order valence-electron chi connectivity index (χ0n) is 14.4. The van der Waals surface area contributed by atoms with Crippen LogP contribution in [0.15, 0.2) is 84.9 Å². The van der Waals surface area contributed by atoms with Gasteiger partial charge in [0.1, 0.15) is 0 Å². The number of aliphatic hydroxyl groups is 1. The van der Waals surface area contributed by atoms with Gasteiger partial charge in [-0.2, -0.15) is 0 Å². The number of hydrogen-bond donors (Lipinski definition) is 1. The number of hydrogen-bond acceptors (Lipinski definition) is 1. The van der Waals surface area contributed by atoms with E-state index in [9.17, 15) is 5.11 Å². The Hall–Kier alpha value is -2.64. The lowest BCUT2D eigenvalue weighted by atomic mass is 9.67. The van der Waals surface area contributed by atoms with Crippen LogP contribution in [0.4, 0.5) is 0 Å². The summed E-state index contributed by atoms with van der Waals surface area (Å²) in [6, 6.07) is 29.2. The molecule has 0 saturated carbocycles. The summed E-state index contributed by atoms with van der Waals surface area (Å²) in [6.07, 6.45) is 2.89. The summed E-state index contributed by atoms with van der Waals surface area (Å²) >= 11 is 0. The lowest BCUT2D eigenvalue weighted by Gasteiger charge is -2.40. The molecule has 0 aromatic heterocycles. The van der Waals surface area contributed by atoms with Gasteiger partial charge in [0.05, 0.1) is 5.60 Å². The SMILES string of the molecule is C[C@]1(O)Cc2ccccc2/C(=C\c2ccccc2)[C@@H]1c1ccccc1. The first-order valence-electron chi connectivity index (χ1n) is 8.77. The van der Waals surface area contributed by atoms with E-state index >= 15 is 0 Å². The van der Waals surface area contributed by atoms with E-state index in [1.807, 2.05) is 31.2 Å². The maximum absolute atomic E-state index is 11.3. The molecular weight excluding hydrogens is 304 g/mol. The smallest absolute Gasteiger partial charge is 0.0768 e. The Bertz CT molecular complexity index is 892. The molecule has 0 bridgehead atoms. The van der Waals surface area contributed by atoms with E-state index in [0.717, 1.165) is 11.1 Å². The topological polar surface area (TPSA) is 20.2 Å². The predicted octanol–water partition coefficient (Wildman–Crippen LogP) is 5.32. The molecule has 2 atom stereocenters. The van der Waals surface area contributed by atoms with E-state index in [0.29, 0.717) is 6.42 Å². The highest BCUT2D eigenvalue weighted by Crippen LogP contribution is 2.47. The highest BCUT2D eigenvalue weighted by molar-refractivity contribution is 5.88. The average Bonchev–Trinajstić information content (AvgIpc) is 2.62. The second-order valence-electron chi connectivity index (χ2n) is 7.05. The molecule has 0 aliphatic heterocycles. The summed E-state index contributed by atoms with van der Waals surface area (Å²) < 4.78 is 0. The van der Waals surface area contributed by atoms with Crippen LogP contribution in [-0.4, -0.2) is 10.7 Å². The molecule has 3 aromatic rings. The summed E-state index contributed by atoms with van der Waals surface area (Å²) in [4.78, 5) is 0. The van der Waals surface area contributed by atoms with Crippen molar-refractivity contribution in [3.05, 3.63) is 107 Å². The largest absolute Gasteiger partial charge is 0.389 e. The minimum atomic E-state index is -0.823. The van der Waals surface area contributed by atoms with Crippen LogP contribution in [0.2, 0.25) is 0 Å². The highest BCUT2D eigenvalue weighted by Gasteiger charge is 2.41. The number of benzene rings is 3. The molecule has 0 heterocycles. The number of fused-ring (bicyclic) bond motifs is 1. The third-order valence-electron chi connectivity index (χ3n) is 5.06. The minimum absolute atomic E-state index is 0.0520. The van der Waals surface area contributed by atoms with Crippen molar-refractivity contribution in [3.63, 3.8) is 0 Å². The van der Waals surface area contributed by atoms with Crippen LogP contribution in [0.1, 0.15) is 35.1 Å². The zero-order valence-corrected chi connectivity index (χ0v) is 14.4. The quantitative estimate of drug-likeness (QED) is 0.676. The molecule has 1 nitrogen and oxygen atoms in total. The van der Waals surface area contributed by atoms with Crippen molar-refractivity contribution in [1.29, 1.82) is 0 Å². The van der Waals surface area contributed by atoms with Crippen LogP contribution in [0.25, 0.3) is 11.6 Å². The van der Waals surface area contributed by atoms with Crippen molar-refractivity contribution in [2.45, 2.75) is 24.9 Å². The molecule has 4 rings (SSSR count). The van der Waals surface area contributed by atoms with Crippen molar-refractivity contribution in [2.24, 2.45) is 0 Å². The van der Waals surface area contributed by atoms with Gasteiger partial charge < -0.3 is 5.11 Å². The molecule has 1 heteroatoms. The lowest BCUT2D eigenvalue weighted by molar-refractivity contribution is 0.0453. The first-order valence-corrected chi connectivity index (χ1v) is 8.77. The Morgan fingerprint density at radius 1 is 0.840 bits per heavy atom. The normalized spacial score (nSPS) is 24.1. The van der Waals surface area contributed by atoms with Crippen molar-refractivity contribution in [1.82, 2.24) is 0 Å². The van der Waals surface area contributed by atoms with Gasteiger partial charge in [0.15, 0.2) is 0 Å². The van der Waals surface area contributed by atoms with Crippen molar-refractivity contribution >= 4 is 11.6 Å². The fraction of sp³-hybridized carbons (Fsp3) is 0.167. The van der Waals surface area contributed by atoms with Crippen LogP contribution in [0.5, 0.6) is 0 Å². The number of rotatable bonds is 2. The van der Waals surface area contributed by atoms with Crippen LogP contribution >= 0.6 is 0 Å². The fourth-order valence-corrected chi connectivity index (χ4v) is 4.01. The predicted molar refractivity (Wildman–Crippen MR) is 104 cm³/mol. The Morgan fingerprint density at radius 2 is 1.44 bits per heavy atom. The van der Waals surface area contributed by atoms with Crippen LogP contribution in [-0.2, 0) is 6.42 Å². The lowest BCUT2D eigenvalue weighted by Crippen LogP contribution is -2.39. The highest BCUT2D eigenvalue weighted by atomic mass is 16.3. The van der Waals surface area contributed by atoms with Gasteiger partial charge in [-0.05, 0) is 34.8 Å². The monoisotopic (exact) mass is 326 g/mol. The second-order valence-corrected chi connectivity index (χ2v) is 7.05. The summed E-state index contributed by atoms with van der Waals surface area (Å²) in [5.41, 5.74) is 5.13. The summed E-state index contributed by atoms with van der Waals surface area (Å²) in [5.74, 6) is -0.0520. The molecule has 1 aliphatic rings. The van der Waals surface area contributed by atoms with Crippen LogP contribution in [0, 0.1) is 0 Å². The summed E-state index contributed by atoms with van der Waals surface area (Å²) in [6.45, 7) is 1.96. The molecule has 3 aromatic carbocycles. The Labute approximate surface area is 149 Å². The second kappa shape index (κ2) is 6.34. The molecule has 0 spiro atoms. The molecule has 0 unspecified atom stereocenters. The zero-order chi connectivity index (χ0) is 17.3. The Balaban J connectivity index is 1.95. The first kappa shape index (κ1) is 15.9. The van der Waals surface area contributed by atoms with E-state index in [4.69, 9.17) is 0 Å². The maximum atomic E-state index is 11.3. The van der Waals surface area contributed by atoms with Gasteiger partial charge in [0.2, 0.25) is 0 Å². The Morgan fingerprint density at radius 3 is 2.16 bits per heavy atom. The molecule has 0 radical (unpaired) electrons. The molecule has 0 fully saturated rings. The van der Waals surface area contributed by atoms with Crippen LogP contribution in [0.3, 0.4) is 0 Å². The van der Waals surface area contributed by atoms with E-state index in [1.165, 1.54) is 16.7 Å². The third kappa shape index (κ3) is 3.04. The molecule has 1 aliphatic carbocycles. The average molecular weight is 326 g/mol. The Kier molecular flexibility index (Phi) is 4.03. The van der Waals surface area contributed by atoms with Crippen molar-refractivity contribution in [3.8, 4) is 0 Å². The molecule has 0 saturated heterocycles. The van der Waals surface area contributed by atoms with Crippen LogP contribution < -0.4 is 0 Å². The third-order valence-corrected chi connectivity index (χ3v) is 5.06. The van der Waals surface area contributed by atoms with Gasteiger partial charge in [-0.25, -0.2) is 0 Å².